The van der Waals surface area contributed by atoms with Crippen LogP contribution in [0.5, 0.6) is 0 Å². The molecule has 6 heteroatoms. The maximum Gasteiger partial charge on any atom is 0.259 e. The molecule has 3 rings (SSSR count). The molecule has 0 aliphatic carbocycles. The van der Waals surface area contributed by atoms with E-state index in [1.54, 1.807) is 36.5 Å². The van der Waals surface area contributed by atoms with E-state index in [-0.39, 0.29) is 23.1 Å². The topological polar surface area (TPSA) is 67.3 Å². The molecule has 2 heterocycles. The van der Waals surface area contributed by atoms with Gasteiger partial charge in [0.2, 0.25) is 0 Å². The first-order valence-corrected chi connectivity index (χ1v) is 7.78. The van der Waals surface area contributed by atoms with E-state index < -0.39 is 9.84 Å². The fraction of sp³-hybridized carbons (Fsp3) is 0.143. The Kier molecular flexibility index (Phi) is 3.02. The summed E-state index contributed by atoms with van der Waals surface area (Å²) in [6.45, 7) is 0.160. The largest absolute Gasteiger partial charge is 0.306 e. The van der Waals surface area contributed by atoms with Gasteiger partial charge in [-0.2, -0.15) is 0 Å². The molecule has 0 spiro atoms. The van der Waals surface area contributed by atoms with Gasteiger partial charge in [-0.15, -0.1) is 0 Å². The van der Waals surface area contributed by atoms with Crippen LogP contribution in [0.4, 0.5) is 5.69 Å². The van der Waals surface area contributed by atoms with Crippen molar-refractivity contribution in [3.63, 3.8) is 0 Å². The van der Waals surface area contributed by atoms with Crippen molar-refractivity contribution in [3.05, 3.63) is 54.4 Å². The molecule has 1 aromatic carbocycles. The van der Waals surface area contributed by atoms with Crippen molar-refractivity contribution in [3.8, 4) is 0 Å². The molecule has 0 atom stereocenters. The molecule has 0 saturated carbocycles. The molecule has 20 heavy (non-hydrogen) atoms. The fourth-order valence-electron chi connectivity index (χ4n) is 2.24. The minimum atomic E-state index is -3.30. The van der Waals surface area contributed by atoms with Gasteiger partial charge in [0.1, 0.15) is 0 Å². The van der Waals surface area contributed by atoms with E-state index in [1.807, 2.05) is 0 Å². The van der Waals surface area contributed by atoms with Gasteiger partial charge in [-0.1, -0.05) is 12.1 Å². The summed E-state index contributed by atoms with van der Waals surface area (Å²) >= 11 is 0. The molecule has 2 aromatic rings. The summed E-state index contributed by atoms with van der Waals surface area (Å²) < 4.78 is 24.1. The third kappa shape index (κ3) is 2.08. The predicted octanol–water partition coefficient (Wildman–Crippen LogP) is 1.52. The van der Waals surface area contributed by atoms with Gasteiger partial charge < -0.3 is 4.90 Å². The second-order valence-corrected chi connectivity index (χ2v) is 6.56. The summed E-state index contributed by atoms with van der Waals surface area (Å²) in [5.74, 6) is -0.295. The number of hydrogen-bond donors (Lipinski definition) is 0. The van der Waals surface area contributed by atoms with Gasteiger partial charge in [0.05, 0.1) is 21.9 Å². The molecule has 0 saturated heterocycles. The van der Waals surface area contributed by atoms with Crippen LogP contribution in [-0.4, -0.2) is 31.6 Å². The number of benzene rings is 1. The minimum Gasteiger partial charge on any atom is -0.306 e. The summed E-state index contributed by atoms with van der Waals surface area (Å²) in [4.78, 5) is 18.1. The Bertz CT molecular complexity index is 757. The number of pyridine rings is 1. The Morgan fingerprint density at radius 2 is 1.95 bits per heavy atom. The second kappa shape index (κ2) is 4.72. The number of rotatable bonds is 1. The summed E-state index contributed by atoms with van der Waals surface area (Å²) in [6.07, 6.45) is 3.07. The number of para-hydroxylation sites is 1. The molecule has 102 valence electrons. The highest BCUT2D eigenvalue weighted by Gasteiger charge is 2.31. The maximum absolute atomic E-state index is 12.5. The molecule has 1 aliphatic heterocycles. The van der Waals surface area contributed by atoms with E-state index in [0.29, 0.717) is 11.3 Å². The van der Waals surface area contributed by atoms with Crippen LogP contribution in [-0.2, 0) is 9.84 Å². The molecule has 0 bridgehead atoms. The molecular weight excluding hydrogens is 276 g/mol. The summed E-state index contributed by atoms with van der Waals surface area (Å²) in [5.41, 5.74) is 0.884. The zero-order valence-electron chi connectivity index (χ0n) is 10.6. The van der Waals surface area contributed by atoms with E-state index in [9.17, 15) is 13.2 Å². The number of amides is 1. The molecule has 1 aliphatic rings. The smallest absolute Gasteiger partial charge is 0.259 e. The number of carbonyl (C=O) groups is 1. The second-order valence-electron chi connectivity index (χ2n) is 4.49. The standard InChI is InChI=1S/C14H12N2O3S/c17-14(11-4-3-7-15-10-11)16-8-9-20(18,19)13-6-2-1-5-12(13)16/h1-7,10H,8-9H2. The summed E-state index contributed by atoms with van der Waals surface area (Å²) in [5, 5.41) is 0. The molecule has 0 unspecified atom stereocenters. The summed E-state index contributed by atoms with van der Waals surface area (Å²) in [7, 11) is -3.30. The number of anilines is 1. The van der Waals surface area contributed by atoms with E-state index in [0.717, 1.165) is 0 Å². The normalized spacial score (nSPS) is 16.5. The van der Waals surface area contributed by atoms with Crippen molar-refractivity contribution in [1.82, 2.24) is 4.98 Å². The Labute approximate surface area is 116 Å². The number of fused-ring (bicyclic) bond motifs is 1. The maximum atomic E-state index is 12.5. The third-order valence-corrected chi connectivity index (χ3v) is 4.96. The lowest BCUT2D eigenvalue weighted by molar-refractivity contribution is 0.0987. The van der Waals surface area contributed by atoms with Gasteiger partial charge in [0, 0.05) is 18.9 Å². The minimum absolute atomic E-state index is 0.0595. The SMILES string of the molecule is O=C(c1cccnc1)N1CCS(=O)(=O)c2ccccc21. The van der Waals surface area contributed by atoms with E-state index in [1.165, 1.54) is 17.2 Å². The molecule has 5 nitrogen and oxygen atoms in total. The van der Waals surface area contributed by atoms with Crippen molar-refractivity contribution in [2.45, 2.75) is 4.90 Å². The third-order valence-electron chi connectivity index (χ3n) is 3.23. The Morgan fingerprint density at radius 1 is 1.15 bits per heavy atom. The highest BCUT2D eigenvalue weighted by Crippen LogP contribution is 2.31. The first kappa shape index (κ1) is 12.8. The van der Waals surface area contributed by atoms with Crippen LogP contribution in [0.25, 0.3) is 0 Å². The van der Waals surface area contributed by atoms with E-state index >= 15 is 0 Å². The number of hydrogen-bond acceptors (Lipinski definition) is 4. The lowest BCUT2D eigenvalue weighted by Gasteiger charge is -2.29. The average molecular weight is 288 g/mol. The molecule has 0 N–H and O–H groups in total. The van der Waals surface area contributed by atoms with Crippen LogP contribution in [0, 0.1) is 0 Å². The first-order valence-electron chi connectivity index (χ1n) is 6.13. The van der Waals surface area contributed by atoms with Crippen LogP contribution >= 0.6 is 0 Å². The molecule has 1 amide bonds. The highest BCUT2D eigenvalue weighted by molar-refractivity contribution is 7.91. The molecule has 1 aromatic heterocycles. The van der Waals surface area contributed by atoms with Gasteiger partial charge in [-0.05, 0) is 24.3 Å². The lowest BCUT2D eigenvalue weighted by Crippen LogP contribution is -2.39. The Hall–Kier alpha value is -2.21. The Morgan fingerprint density at radius 3 is 2.70 bits per heavy atom. The number of sulfone groups is 1. The van der Waals surface area contributed by atoms with Gasteiger partial charge >= 0.3 is 0 Å². The zero-order valence-corrected chi connectivity index (χ0v) is 11.4. The number of nitrogens with zero attached hydrogens (tertiary/aromatic N) is 2. The molecule has 0 radical (unpaired) electrons. The fourth-order valence-corrected chi connectivity index (χ4v) is 3.67. The quantitative estimate of drug-likeness (QED) is 0.798. The van der Waals surface area contributed by atoms with Crippen LogP contribution < -0.4 is 4.90 Å². The van der Waals surface area contributed by atoms with E-state index in [4.69, 9.17) is 0 Å². The van der Waals surface area contributed by atoms with Gasteiger partial charge in [0.15, 0.2) is 9.84 Å². The van der Waals surface area contributed by atoms with Crippen molar-refractivity contribution >= 4 is 21.4 Å². The van der Waals surface area contributed by atoms with Crippen LogP contribution in [0.3, 0.4) is 0 Å². The van der Waals surface area contributed by atoms with Crippen LogP contribution in [0.2, 0.25) is 0 Å². The van der Waals surface area contributed by atoms with E-state index in [2.05, 4.69) is 4.98 Å². The Balaban J connectivity index is 2.07. The highest BCUT2D eigenvalue weighted by atomic mass is 32.2. The molecule has 0 fully saturated rings. The average Bonchev–Trinajstić information content (AvgIpc) is 2.48. The summed E-state index contributed by atoms with van der Waals surface area (Å²) in [6, 6.07) is 9.92. The first-order chi connectivity index (χ1) is 9.59. The van der Waals surface area contributed by atoms with Crippen molar-refractivity contribution in [2.75, 3.05) is 17.2 Å². The van der Waals surface area contributed by atoms with Crippen molar-refractivity contribution < 1.29 is 13.2 Å². The predicted molar refractivity (Wildman–Crippen MR) is 74.4 cm³/mol. The zero-order chi connectivity index (χ0) is 14.2. The number of aromatic nitrogens is 1. The van der Waals surface area contributed by atoms with Crippen molar-refractivity contribution in [2.24, 2.45) is 0 Å². The van der Waals surface area contributed by atoms with Gasteiger partial charge in [-0.3, -0.25) is 9.78 Å². The molecular formula is C14H12N2O3S. The lowest BCUT2D eigenvalue weighted by atomic mass is 10.2. The monoisotopic (exact) mass is 288 g/mol. The van der Waals surface area contributed by atoms with Gasteiger partial charge in [-0.25, -0.2) is 8.42 Å². The van der Waals surface area contributed by atoms with Crippen LogP contribution in [0.1, 0.15) is 10.4 Å². The number of carbonyl (C=O) groups excluding carboxylic acids is 1. The van der Waals surface area contributed by atoms with Gasteiger partial charge in [0.25, 0.3) is 5.91 Å². The van der Waals surface area contributed by atoms with Crippen LogP contribution in [0.15, 0.2) is 53.7 Å². The van der Waals surface area contributed by atoms with Crippen molar-refractivity contribution in [1.29, 1.82) is 0 Å².